The molecular weight excluding hydrogens is 206 g/mol. The van der Waals surface area contributed by atoms with Gasteiger partial charge in [-0.25, -0.2) is 0 Å². The second-order valence-electron chi connectivity index (χ2n) is 1.63. The van der Waals surface area contributed by atoms with Crippen LogP contribution in [0.4, 0.5) is 0 Å². The average molecular weight is 211 g/mol. The van der Waals surface area contributed by atoms with E-state index >= 15 is 0 Å². The van der Waals surface area contributed by atoms with E-state index in [1.807, 2.05) is 0 Å². The topological polar surface area (TPSA) is 55.1 Å². The Morgan fingerprint density at radius 2 is 2.50 bits per heavy atom. The molecule has 0 radical (unpaired) electrons. The quantitative estimate of drug-likeness (QED) is 0.501. The van der Waals surface area contributed by atoms with E-state index in [-0.39, 0.29) is 63.8 Å². The standard InChI is InChI=1S/C5H5N2O2.Rb/c1-7-3-4(2-6-7)5(8)9;/h3H,1H3,(H,8,9);/q-1;+1. The van der Waals surface area contributed by atoms with Crippen LogP contribution in [0.1, 0.15) is 10.4 Å². The van der Waals surface area contributed by atoms with Gasteiger partial charge in [0, 0.05) is 7.05 Å². The van der Waals surface area contributed by atoms with E-state index in [0.717, 1.165) is 0 Å². The molecule has 0 aliphatic heterocycles. The van der Waals surface area contributed by atoms with Gasteiger partial charge in [0.15, 0.2) is 0 Å². The third kappa shape index (κ3) is 2.61. The molecule has 1 N–H and O–H groups in total. The number of carboxylic acid groups (broad SMARTS) is 1. The number of hydrogen-bond acceptors (Lipinski definition) is 2. The van der Waals surface area contributed by atoms with Gasteiger partial charge in [0.25, 0.3) is 0 Å². The molecule has 1 aromatic heterocycles. The van der Waals surface area contributed by atoms with Crippen molar-refractivity contribution in [1.82, 2.24) is 9.78 Å². The monoisotopic (exact) mass is 210 g/mol. The molecule has 0 saturated carbocycles. The molecular formula is C5H5N2O2Rb. The van der Waals surface area contributed by atoms with Crippen molar-refractivity contribution in [2.24, 2.45) is 7.05 Å². The largest absolute Gasteiger partial charge is 1.00 e. The van der Waals surface area contributed by atoms with Gasteiger partial charge in [-0.2, -0.15) is 0 Å². The minimum atomic E-state index is -0.997. The summed E-state index contributed by atoms with van der Waals surface area (Å²) in [5.74, 6) is -0.997. The number of carbonyl (C=O) groups is 1. The summed E-state index contributed by atoms with van der Waals surface area (Å²) in [6.07, 6.45) is 3.71. The second kappa shape index (κ2) is 4.38. The molecule has 1 rings (SSSR count). The van der Waals surface area contributed by atoms with E-state index in [2.05, 4.69) is 11.3 Å². The summed E-state index contributed by atoms with van der Waals surface area (Å²) in [5.41, 5.74) is 0.0949. The smallest absolute Gasteiger partial charge is 0.535 e. The Kier molecular flexibility index (Phi) is 4.59. The number of aromatic nitrogens is 2. The van der Waals surface area contributed by atoms with E-state index in [9.17, 15) is 4.79 Å². The molecule has 0 fully saturated rings. The zero-order valence-corrected chi connectivity index (χ0v) is 10.7. The number of carboxylic acids is 1. The summed E-state index contributed by atoms with van der Waals surface area (Å²) in [6.45, 7) is 0. The molecule has 0 atom stereocenters. The predicted octanol–water partition coefficient (Wildman–Crippen LogP) is -3.08. The summed E-state index contributed by atoms with van der Waals surface area (Å²) in [4.78, 5) is 10.1. The second-order valence-corrected chi connectivity index (χ2v) is 1.63. The van der Waals surface area contributed by atoms with Crippen molar-refractivity contribution in [1.29, 1.82) is 0 Å². The van der Waals surface area contributed by atoms with Crippen molar-refractivity contribution < 1.29 is 68.1 Å². The molecule has 1 aromatic rings. The molecule has 1 heterocycles. The van der Waals surface area contributed by atoms with Crippen LogP contribution in [0.3, 0.4) is 0 Å². The van der Waals surface area contributed by atoms with Crippen LogP contribution in [0.25, 0.3) is 0 Å². The molecule has 0 aliphatic carbocycles. The normalized spacial score (nSPS) is 8.50. The van der Waals surface area contributed by atoms with Crippen molar-refractivity contribution in [3.8, 4) is 0 Å². The first kappa shape index (κ1) is 10.5. The Bertz CT molecular complexity index is 233. The first-order valence-electron chi connectivity index (χ1n) is 2.35. The fourth-order valence-corrected chi connectivity index (χ4v) is 0.480. The van der Waals surface area contributed by atoms with Gasteiger partial charge >= 0.3 is 58.2 Å². The maximum Gasteiger partial charge on any atom is 1.00 e. The molecule has 0 spiro atoms. The van der Waals surface area contributed by atoms with Crippen molar-refractivity contribution in [2.75, 3.05) is 0 Å². The number of hydrogen-bond donors (Lipinski definition) is 1. The van der Waals surface area contributed by atoms with Gasteiger partial charge in [-0.05, 0) is 6.20 Å². The number of rotatable bonds is 1. The van der Waals surface area contributed by atoms with Crippen molar-refractivity contribution in [2.45, 2.75) is 0 Å². The summed E-state index contributed by atoms with van der Waals surface area (Å²) >= 11 is 0. The molecule has 0 unspecified atom stereocenters. The van der Waals surface area contributed by atoms with E-state index < -0.39 is 5.97 Å². The van der Waals surface area contributed by atoms with Crippen LogP contribution in [0.2, 0.25) is 0 Å². The third-order valence-corrected chi connectivity index (χ3v) is 0.875. The van der Waals surface area contributed by atoms with Crippen molar-refractivity contribution in [3.05, 3.63) is 18.0 Å². The van der Waals surface area contributed by atoms with Gasteiger partial charge in [-0.1, -0.05) is 11.8 Å². The van der Waals surface area contributed by atoms with Gasteiger partial charge in [0.2, 0.25) is 5.97 Å². The summed E-state index contributed by atoms with van der Waals surface area (Å²) in [7, 11) is 1.64. The van der Waals surface area contributed by atoms with E-state index in [0.29, 0.717) is 0 Å². The first-order chi connectivity index (χ1) is 4.20. The van der Waals surface area contributed by atoms with Crippen LogP contribution in [-0.4, -0.2) is 20.9 Å². The van der Waals surface area contributed by atoms with Crippen molar-refractivity contribution in [3.63, 3.8) is 0 Å². The molecule has 0 aromatic carbocycles. The minimum absolute atomic E-state index is 0. The van der Waals surface area contributed by atoms with Crippen molar-refractivity contribution >= 4 is 5.97 Å². The van der Waals surface area contributed by atoms with E-state index in [1.54, 1.807) is 7.05 Å². The minimum Gasteiger partial charge on any atom is -0.535 e. The van der Waals surface area contributed by atoms with Crippen LogP contribution in [0, 0.1) is 6.20 Å². The van der Waals surface area contributed by atoms with Gasteiger partial charge in [-0.15, -0.1) is 0 Å². The summed E-state index contributed by atoms with van der Waals surface area (Å²) < 4.78 is 1.39. The van der Waals surface area contributed by atoms with Crippen LogP contribution in [-0.2, 0) is 7.05 Å². The fraction of sp³-hybridized carbons (Fsp3) is 0.200. The van der Waals surface area contributed by atoms with Gasteiger partial charge < -0.3 is 14.6 Å². The van der Waals surface area contributed by atoms with Gasteiger partial charge in [0.05, 0.1) is 0 Å². The zero-order valence-electron chi connectivity index (χ0n) is 5.83. The van der Waals surface area contributed by atoms with Crippen LogP contribution < -0.4 is 58.2 Å². The Morgan fingerprint density at radius 1 is 1.90 bits per heavy atom. The van der Waals surface area contributed by atoms with Crippen LogP contribution >= 0.6 is 0 Å². The third-order valence-electron chi connectivity index (χ3n) is 0.875. The zero-order chi connectivity index (χ0) is 6.85. The molecule has 4 nitrogen and oxygen atoms in total. The molecule has 5 heteroatoms. The Balaban J connectivity index is 0.000000810. The van der Waals surface area contributed by atoms with Gasteiger partial charge in [-0.3, -0.25) is 5.10 Å². The van der Waals surface area contributed by atoms with Crippen LogP contribution in [0.5, 0.6) is 0 Å². The Morgan fingerprint density at radius 3 is 2.70 bits per heavy atom. The summed E-state index contributed by atoms with van der Waals surface area (Å²) in [6, 6.07) is 0. The molecule has 10 heavy (non-hydrogen) atoms. The van der Waals surface area contributed by atoms with E-state index in [4.69, 9.17) is 5.11 Å². The number of nitrogens with zero attached hydrogens (tertiary/aromatic N) is 2. The molecule has 0 aliphatic rings. The molecule has 0 saturated heterocycles. The Hall–Kier alpha value is 0.485. The molecule has 0 amide bonds. The Labute approximate surface area is 107 Å². The van der Waals surface area contributed by atoms with Crippen LogP contribution in [0.15, 0.2) is 6.20 Å². The number of aromatic carboxylic acids is 1. The SMILES string of the molecule is Cn1cc(C(=O)O)[c-]n1.[Rb+]. The molecule has 48 valence electrons. The molecule has 0 bridgehead atoms. The maximum atomic E-state index is 10.1. The number of aryl methyl sites for hydroxylation is 1. The predicted molar refractivity (Wildman–Crippen MR) is 29.0 cm³/mol. The first-order valence-corrected chi connectivity index (χ1v) is 2.35. The maximum absolute atomic E-state index is 10.1. The van der Waals surface area contributed by atoms with Gasteiger partial charge in [0.1, 0.15) is 0 Å². The average Bonchev–Trinajstić information content (AvgIpc) is 2.14. The van der Waals surface area contributed by atoms with E-state index in [1.165, 1.54) is 10.9 Å². The fourth-order valence-electron chi connectivity index (χ4n) is 0.480. The summed E-state index contributed by atoms with van der Waals surface area (Å²) in [5, 5.41) is 11.9.